The molecule has 0 bridgehead atoms. The molecular weight excluding hydrogens is 638 g/mol. The SMILES string of the molecule is CCC1(C(=O)N2CCC(c3ccc(C(F)(C(F)(F)F)C(F)(F)F)cc3)(S(=O)(=O)c3ccc(F)c(C)c3)C2)CCC(C(=O)O)CC1. The minimum Gasteiger partial charge on any atom is -0.481 e. The van der Waals surface area contributed by atoms with Crippen LogP contribution in [0, 0.1) is 24.1 Å². The molecule has 15 heteroatoms. The van der Waals surface area contributed by atoms with Crippen LogP contribution < -0.4 is 0 Å². The van der Waals surface area contributed by atoms with Crippen LogP contribution in [0.1, 0.15) is 62.1 Å². The first-order chi connectivity index (χ1) is 20.7. The molecule has 0 aromatic heterocycles. The Morgan fingerprint density at radius 2 is 1.49 bits per heavy atom. The normalized spacial score (nSPS) is 24.9. The molecule has 1 N–H and O–H groups in total. The second-order valence-electron chi connectivity index (χ2n) is 11.9. The van der Waals surface area contributed by atoms with Crippen molar-refractivity contribution in [2.75, 3.05) is 13.1 Å². The van der Waals surface area contributed by atoms with Gasteiger partial charge in [0, 0.05) is 24.1 Å². The van der Waals surface area contributed by atoms with Crippen molar-refractivity contribution in [1.29, 1.82) is 0 Å². The highest BCUT2D eigenvalue weighted by Gasteiger charge is 2.73. The Morgan fingerprint density at radius 1 is 0.933 bits per heavy atom. The Kier molecular flexibility index (Phi) is 8.88. The summed E-state index contributed by atoms with van der Waals surface area (Å²) in [4.78, 5) is 26.3. The number of hydrogen-bond acceptors (Lipinski definition) is 4. The standard InChI is InChI=1S/C30H31F8NO5S/c1-3-26(12-10-19(11-13-26)24(40)41)25(42)39-15-14-27(17-39,45(43,44)22-8-9-23(31)18(2)16-22)20-4-6-21(7-5-20)28(32,29(33,34)35)30(36,37)38/h4-9,16,19H,3,10-15,17H2,1-2H3,(H,40,41). The highest BCUT2D eigenvalue weighted by atomic mass is 32.2. The summed E-state index contributed by atoms with van der Waals surface area (Å²) >= 11 is 0. The van der Waals surface area contributed by atoms with Gasteiger partial charge < -0.3 is 10.0 Å². The molecule has 0 radical (unpaired) electrons. The Balaban J connectivity index is 1.81. The molecule has 0 spiro atoms. The summed E-state index contributed by atoms with van der Waals surface area (Å²) in [5.41, 5.74) is -8.88. The van der Waals surface area contributed by atoms with E-state index in [1.165, 1.54) is 11.8 Å². The van der Waals surface area contributed by atoms with E-state index in [1.807, 2.05) is 0 Å². The zero-order chi connectivity index (χ0) is 33.8. The molecule has 4 rings (SSSR count). The molecule has 1 unspecified atom stereocenters. The van der Waals surface area contributed by atoms with E-state index in [1.54, 1.807) is 6.92 Å². The van der Waals surface area contributed by atoms with E-state index in [-0.39, 0.29) is 61.9 Å². The van der Waals surface area contributed by atoms with Crippen molar-refractivity contribution in [3.63, 3.8) is 0 Å². The average Bonchev–Trinajstić information content (AvgIpc) is 3.44. The first kappa shape index (κ1) is 34.6. The lowest BCUT2D eigenvalue weighted by Crippen LogP contribution is -2.50. The van der Waals surface area contributed by atoms with Crippen LogP contribution in [0.3, 0.4) is 0 Å². The highest BCUT2D eigenvalue weighted by Crippen LogP contribution is 2.54. The van der Waals surface area contributed by atoms with Gasteiger partial charge >= 0.3 is 24.0 Å². The van der Waals surface area contributed by atoms with E-state index in [2.05, 4.69) is 0 Å². The van der Waals surface area contributed by atoms with Crippen LogP contribution in [0.5, 0.6) is 0 Å². The number of carboxylic acids is 1. The van der Waals surface area contributed by atoms with Crippen LogP contribution in [-0.2, 0) is 29.8 Å². The fourth-order valence-corrected chi connectivity index (χ4v) is 8.70. The van der Waals surface area contributed by atoms with E-state index in [4.69, 9.17) is 0 Å². The molecule has 45 heavy (non-hydrogen) atoms. The number of carboxylic acid groups (broad SMARTS) is 1. The lowest BCUT2D eigenvalue weighted by atomic mass is 9.68. The molecular formula is C30H31F8NO5S. The number of carbonyl (C=O) groups is 2. The van der Waals surface area contributed by atoms with Crippen LogP contribution in [0.25, 0.3) is 0 Å². The monoisotopic (exact) mass is 669 g/mol. The smallest absolute Gasteiger partial charge is 0.435 e. The number of amides is 1. The first-order valence-electron chi connectivity index (χ1n) is 14.1. The van der Waals surface area contributed by atoms with Crippen molar-refractivity contribution in [3.05, 3.63) is 65.0 Å². The van der Waals surface area contributed by atoms with Gasteiger partial charge in [-0.2, -0.15) is 26.3 Å². The molecule has 2 aromatic rings. The number of sulfone groups is 1. The summed E-state index contributed by atoms with van der Waals surface area (Å²) in [6, 6.07) is 4.72. The van der Waals surface area contributed by atoms with Crippen molar-refractivity contribution < 1.29 is 58.2 Å². The molecule has 2 fully saturated rings. The lowest BCUT2D eigenvalue weighted by Gasteiger charge is -2.40. The fraction of sp³-hybridized carbons (Fsp3) is 0.533. The Hall–Kier alpha value is -3.23. The third kappa shape index (κ3) is 5.58. The predicted molar refractivity (Wildman–Crippen MR) is 145 cm³/mol. The largest absolute Gasteiger partial charge is 0.481 e. The molecule has 1 aliphatic carbocycles. The van der Waals surface area contributed by atoms with Crippen LogP contribution >= 0.6 is 0 Å². The zero-order valence-corrected chi connectivity index (χ0v) is 25.1. The number of carbonyl (C=O) groups excluding carboxylic acids is 1. The van der Waals surface area contributed by atoms with E-state index in [0.717, 1.165) is 18.2 Å². The Bertz CT molecular complexity index is 1550. The molecule has 1 atom stereocenters. The summed E-state index contributed by atoms with van der Waals surface area (Å²) in [7, 11) is -4.62. The van der Waals surface area contributed by atoms with E-state index in [9.17, 15) is 58.2 Å². The highest BCUT2D eigenvalue weighted by molar-refractivity contribution is 7.92. The average molecular weight is 670 g/mol. The second-order valence-corrected chi connectivity index (χ2v) is 14.1. The number of halogens is 8. The van der Waals surface area contributed by atoms with Gasteiger partial charge in [0.15, 0.2) is 9.84 Å². The number of rotatable bonds is 7. The molecule has 1 saturated heterocycles. The fourth-order valence-electron chi connectivity index (χ4n) is 6.54. The number of likely N-dealkylation sites (tertiary alicyclic amines) is 1. The van der Waals surface area contributed by atoms with Gasteiger partial charge in [0.05, 0.1) is 10.8 Å². The molecule has 1 aliphatic heterocycles. The van der Waals surface area contributed by atoms with E-state index in [0.29, 0.717) is 18.6 Å². The maximum absolute atomic E-state index is 14.8. The third-order valence-electron chi connectivity index (χ3n) is 9.49. The second kappa shape index (κ2) is 11.5. The van der Waals surface area contributed by atoms with Gasteiger partial charge in [-0.15, -0.1) is 0 Å². The molecule has 2 aromatic carbocycles. The van der Waals surface area contributed by atoms with Crippen molar-refractivity contribution in [2.45, 2.75) is 80.0 Å². The van der Waals surface area contributed by atoms with Gasteiger partial charge in [-0.25, -0.2) is 17.2 Å². The number of aryl methyl sites for hydroxylation is 1. The number of nitrogens with zero attached hydrogens (tertiary/aromatic N) is 1. The molecule has 1 heterocycles. The number of hydrogen-bond donors (Lipinski definition) is 1. The predicted octanol–water partition coefficient (Wildman–Crippen LogP) is 7.00. The van der Waals surface area contributed by atoms with Gasteiger partial charge in [0.1, 0.15) is 10.6 Å². The minimum absolute atomic E-state index is 0.0507. The maximum Gasteiger partial charge on any atom is 0.435 e. The summed E-state index contributed by atoms with van der Waals surface area (Å²) in [6.45, 7) is 2.33. The van der Waals surface area contributed by atoms with Crippen LogP contribution in [0.4, 0.5) is 35.1 Å². The van der Waals surface area contributed by atoms with Crippen molar-refractivity contribution in [2.24, 2.45) is 11.3 Å². The summed E-state index contributed by atoms with van der Waals surface area (Å²) in [5, 5.41) is 9.39. The van der Waals surface area contributed by atoms with Gasteiger partial charge in [-0.1, -0.05) is 31.2 Å². The zero-order valence-electron chi connectivity index (χ0n) is 24.2. The van der Waals surface area contributed by atoms with Gasteiger partial charge in [-0.05, 0) is 74.8 Å². The van der Waals surface area contributed by atoms with E-state index >= 15 is 0 Å². The number of benzene rings is 2. The van der Waals surface area contributed by atoms with Crippen LogP contribution in [-0.4, -0.2) is 55.7 Å². The Morgan fingerprint density at radius 3 is 1.96 bits per heavy atom. The summed E-state index contributed by atoms with van der Waals surface area (Å²) in [5.74, 6) is -2.82. The minimum atomic E-state index is -6.38. The van der Waals surface area contributed by atoms with Crippen LogP contribution in [0.15, 0.2) is 47.4 Å². The number of aliphatic carboxylic acids is 1. The quantitative estimate of drug-likeness (QED) is 0.254. The van der Waals surface area contributed by atoms with Crippen molar-refractivity contribution in [1.82, 2.24) is 4.90 Å². The van der Waals surface area contributed by atoms with Gasteiger partial charge in [-0.3, -0.25) is 9.59 Å². The number of alkyl halides is 7. The van der Waals surface area contributed by atoms with Gasteiger partial charge in [0.2, 0.25) is 5.91 Å². The summed E-state index contributed by atoms with van der Waals surface area (Å²) < 4.78 is 136. The Labute approximate surface area is 254 Å². The maximum atomic E-state index is 14.8. The molecule has 2 aliphatic rings. The third-order valence-corrected chi connectivity index (χ3v) is 12.0. The van der Waals surface area contributed by atoms with E-state index < -0.39 is 78.6 Å². The van der Waals surface area contributed by atoms with Crippen molar-refractivity contribution >= 4 is 21.7 Å². The molecule has 248 valence electrons. The van der Waals surface area contributed by atoms with Crippen LogP contribution in [0.2, 0.25) is 0 Å². The lowest BCUT2D eigenvalue weighted by molar-refractivity contribution is -0.348. The summed E-state index contributed by atoms with van der Waals surface area (Å²) in [6.07, 6.45) is -11.9. The molecule has 1 saturated carbocycles. The van der Waals surface area contributed by atoms with Crippen molar-refractivity contribution in [3.8, 4) is 0 Å². The first-order valence-corrected chi connectivity index (χ1v) is 15.6. The topological polar surface area (TPSA) is 91.8 Å². The molecule has 1 amide bonds. The van der Waals surface area contributed by atoms with Gasteiger partial charge in [0.25, 0.3) is 0 Å². The molecule has 6 nitrogen and oxygen atoms in total.